The van der Waals surface area contributed by atoms with Gasteiger partial charge in [-0.3, -0.25) is 0 Å². The minimum absolute atomic E-state index is 0.681. The van der Waals surface area contributed by atoms with Crippen molar-refractivity contribution in [2.24, 2.45) is 0 Å². The largest absolute Gasteiger partial charge is 0.423 e. The van der Waals surface area contributed by atoms with E-state index < -0.39 is 0 Å². The van der Waals surface area contributed by atoms with Crippen molar-refractivity contribution in [1.29, 1.82) is 0 Å². The Labute approximate surface area is 116 Å². The number of oxazole rings is 1. The molecule has 1 aliphatic rings. The summed E-state index contributed by atoms with van der Waals surface area (Å²) in [5.74, 6) is 0. The molecule has 0 saturated carbocycles. The minimum Gasteiger partial charge on any atom is -0.423 e. The molecule has 20 heavy (non-hydrogen) atoms. The van der Waals surface area contributed by atoms with Gasteiger partial charge in [-0.15, -0.1) is 0 Å². The van der Waals surface area contributed by atoms with Gasteiger partial charge < -0.3 is 15.1 Å². The highest BCUT2D eigenvalue weighted by Gasteiger charge is 2.20. The number of nitrogen functional groups attached to an aromatic ring is 1. The van der Waals surface area contributed by atoms with Crippen LogP contribution in [-0.4, -0.2) is 11.5 Å². The van der Waals surface area contributed by atoms with Crippen molar-refractivity contribution in [2.75, 3.05) is 17.2 Å². The Morgan fingerprint density at radius 1 is 1.10 bits per heavy atom. The number of aromatic nitrogens is 1. The van der Waals surface area contributed by atoms with Gasteiger partial charge in [0.15, 0.2) is 5.58 Å². The second-order valence-electron chi connectivity index (χ2n) is 5.16. The van der Waals surface area contributed by atoms with Crippen molar-refractivity contribution < 1.29 is 4.42 Å². The molecule has 100 valence electrons. The SMILES string of the molecule is Nc1ccc2nc(N3CCc4ccccc4C3)oc2c1. The van der Waals surface area contributed by atoms with E-state index in [0.717, 1.165) is 30.6 Å². The molecule has 0 amide bonds. The van der Waals surface area contributed by atoms with Crippen LogP contribution in [0, 0.1) is 0 Å². The van der Waals surface area contributed by atoms with Gasteiger partial charge in [0.05, 0.1) is 0 Å². The Morgan fingerprint density at radius 3 is 2.85 bits per heavy atom. The van der Waals surface area contributed by atoms with E-state index in [-0.39, 0.29) is 0 Å². The molecule has 0 unspecified atom stereocenters. The molecule has 0 radical (unpaired) electrons. The summed E-state index contributed by atoms with van der Waals surface area (Å²) in [6, 6.07) is 14.8. The van der Waals surface area contributed by atoms with Gasteiger partial charge in [-0.05, 0) is 29.7 Å². The van der Waals surface area contributed by atoms with Crippen LogP contribution in [0.25, 0.3) is 11.1 Å². The smallest absolute Gasteiger partial charge is 0.298 e. The summed E-state index contributed by atoms with van der Waals surface area (Å²) >= 11 is 0. The summed E-state index contributed by atoms with van der Waals surface area (Å²) < 4.78 is 5.84. The second-order valence-corrected chi connectivity index (χ2v) is 5.16. The molecular formula is C16H15N3O. The molecule has 0 saturated heterocycles. The normalized spacial score (nSPS) is 14.5. The van der Waals surface area contributed by atoms with Crippen LogP contribution in [0.5, 0.6) is 0 Å². The maximum absolute atomic E-state index is 5.84. The zero-order chi connectivity index (χ0) is 13.5. The lowest BCUT2D eigenvalue weighted by Gasteiger charge is -2.27. The van der Waals surface area contributed by atoms with Gasteiger partial charge in [0.1, 0.15) is 5.52 Å². The average Bonchev–Trinajstić information content (AvgIpc) is 2.89. The standard InChI is InChI=1S/C16H15N3O/c17-13-5-6-14-15(9-13)20-16(18-14)19-8-7-11-3-1-2-4-12(11)10-19/h1-6,9H,7-8,10,17H2. The van der Waals surface area contributed by atoms with Crippen molar-refractivity contribution in [3.63, 3.8) is 0 Å². The highest BCUT2D eigenvalue weighted by Crippen LogP contribution is 2.27. The number of hydrogen-bond donors (Lipinski definition) is 1. The van der Waals surface area contributed by atoms with Crippen molar-refractivity contribution in [2.45, 2.75) is 13.0 Å². The van der Waals surface area contributed by atoms with Gasteiger partial charge in [0.2, 0.25) is 0 Å². The van der Waals surface area contributed by atoms with Crippen LogP contribution in [0.15, 0.2) is 46.9 Å². The molecule has 0 fully saturated rings. The van der Waals surface area contributed by atoms with Gasteiger partial charge in [0.25, 0.3) is 6.01 Å². The molecule has 0 aliphatic carbocycles. The number of rotatable bonds is 1. The van der Waals surface area contributed by atoms with E-state index in [4.69, 9.17) is 10.2 Å². The lowest BCUT2D eigenvalue weighted by molar-refractivity contribution is 0.555. The lowest BCUT2D eigenvalue weighted by Crippen LogP contribution is -2.30. The Morgan fingerprint density at radius 2 is 1.95 bits per heavy atom. The van der Waals surface area contributed by atoms with Crippen molar-refractivity contribution in [3.8, 4) is 0 Å². The quantitative estimate of drug-likeness (QED) is 0.687. The van der Waals surface area contributed by atoms with Gasteiger partial charge in [0, 0.05) is 24.8 Å². The number of anilines is 2. The van der Waals surface area contributed by atoms with Crippen LogP contribution in [0.3, 0.4) is 0 Å². The average molecular weight is 265 g/mol. The fraction of sp³-hybridized carbons (Fsp3) is 0.188. The molecule has 0 spiro atoms. The van der Waals surface area contributed by atoms with E-state index in [2.05, 4.69) is 34.1 Å². The zero-order valence-electron chi connectivity index (χ0n) is 11.0. The number of hydrogen-bond acceptors (Lipinski definition) is 4. The molecule has 4 rings (SSSR count). The molecule has 3 aromatic rings. The lowest BCUT2D eigenvalue weighted by atomic mass is 10.0. The second kappa shape index (κ2) is 4.27. The van der Waals surface area contributed by atoms with Crippen molar-refractivity contribution in [1.82, 2.24) is 4.98 Å². The summed E-state index contributed by atoms with van der Waals surface area (Å²) in [7, 11) is 0. The summed E-state index contributed by atoms with van der Waals surface area (Å²) in [5.41, 5.74) is 10.8. The molecule has 0 bridgehead atoms. The maximum Gasteiger partial charge on any atom is 0.298 e. The first-order valence-electron chi connectivity index (χ1n) is 6.77. The van der Waals surface area contributed by atoms with Gasteiger partial charge in [-0.2, -0.15) is 4.98 Å². The maximum atomic E-state index is 5.84. The Bertz CT molecular complexity index is 778. The third kappa shape index (κ3) is 1.81. The molecular weight excluding hydrogens is 250 g/mol. The molecule has 1 aliphatic heterocycles. The Hall–Kier alpha value is -2.49. The third-order valence-corrected chi connectivity index (χ3v) is 3.80. The summed E-state index contributed by atoms with van der Waals surface area (Å²) in [4.78, 5) is 6.73. The van der Waals surface area contributed by atoms with Crippen LogP contribution >= 0.6 is 0 Å². The Balaban J connectivity index is 1.70. The molecule has 2 aromatic carbocycles. The molecule has 4 nitrogen and oxygen atoms in total. The first-order chi connectivity index (χ1) is 9.79. The highest BCUT2D eigenvalue weighted by molar-refractivity contribution is 5.78. The van der Waals surface area contributed by atoms with Crippen LogP contribution in [-0.2, 0) is 13.0 Å². The van der Waals surface area contributed by atoms with Gasteiger partial charge >= 0.3 is 0 Å². The van der Waals surface area contributed by atoms with E-state index in [0.29, 0.717) is 11.7 Å². The summed E-state index contributed by atoms with van der Waals surface area (Å²) in [6.45, 7) is 1.78. The van der Waals surface area contributed by atoms with Crippen molar-refractivity contribution in [3.05, 3.63) is 53.6 Å². The Kier molecular flexibility index (Phi) is 2.42. The molecule has 0 atom stereocenters. The van der Waals surface area contributed by atoms with E-state index in [9.17, 15) is 0 Å². The molecule has 2 N–H and O–H groups in total. The predicted molar refractivity (Wildman–Crippen MR) is 79.6 cm³/mol. The van der Waals surface area contributed by atoms with Crippen molar-refractivity contribution >= 4 is 22.8 Å². The van der Waals surface area contributed by atoms with Gasteiger partial charge in [-0.1, -0.05) is 24.3 Å². The topological polar surface area (TPSA) is 55.3 Å². The van der Waals surface area contributed by atoms with Crippen LogP contribution < -0.4 is 10.6 Å². The molecule has 2 heterocycles. The zero-order valence-corrected chi connectivity index (χ0v) is 11.0. The van der Waals surface area contributed by atoms with E-state index in [1.54, 1.807) is 0 Å². The molecule has 4 heteroatoms. The predicted octanol–water partition coefficient (Wildman–Crippen LogP) is 2.97. The fourth-order valence-electron chi connectivity index (χ4n) is 2.72. The first-order valence-corrected chi connectivity index (χ1v) is 6.77. The molecule has 1 aromatic heterocycles. The van der Waals surface area contributed by atoms with Crippen LogP contribution in [0.2, 0.25) is 0 Å². The van der Waals surface area contributed by atoms with Crippen LogP contribution in [0.4, 0.5) is 11.7 Å². The first kappa shape index (κ1) is 11.3. The van der Waals surface area contributed by atoms with E-state index in [1.165, 1.54) is 11.1 Å². The van der Waals surface area contributed by atoms with E-state index >= 15 is 0 Å². The number of fused-ring (bicyclic) bond motifs is 2. The highest BCUT2D eigenvalue weighted by atomic mass is 16.4. The fourth-order valence-corrected chi connectivity index (χ4v) is 2.72. The number of nitrogens with zero attached hydrogens (tertiary/aromatic N) is 2. The van der Waals surface area contributed by atoms with Gasteiger partial charge in [-0.25, -0.2) is 0 Å². The van der Waals surface area contributed by atoms with Crippen LogP contribution in [0.1, 0.15) is 11.1 Å². The van der Waals surface area contributed by atoms with E-state index in [1.807, 2.05) is 18.2 Å². The number of benzene rings is 2. The third-order valence-electron chi connectivity index (χ3n) is 3.80. The monoisotopic (exact) mass is 265 g/mol. The minimum atomic E-state index is 0.681. The number of nitrogens with two attached hydrogens (primary N) is 1. The summed E-state index contributed by atoms with van der Waals surface area (Å²) in [5, 5.41) is 0. The summed E-state index contributed by atoms with van der Waals surface area (Å²) in [6.07, 6.45) is 1.02.